The summed E-state index contributed by atoms with van der Waals surface area (Å²) in [6.45, 7) is 22.4. The fourth-order valence-corrected chi connectivity index (χ4v) is 9.31. The van der Waals surface area contributed by atoms with E-state index in [9.17, 15) is 0 Å². The first-order chi connectivity index (χ1) is 23.6. The maximum atomic E-state index is 7.05. The summed E-state index contributed by atoms with van der Waals surface area (Å²) < 4.78 is 32.7. The Labute approximate surface area is 302 Å². The van der Waals surface area contributed by atoms with Crippen LogP contribution in [-0.2, 0) is 36.5 Å². The third-order valence-corrected chi connectivity index (χ3v) is 13.6. The summed E-state index contributed by atoms with van der Waals surface area (Å²) in [7, 11) is -3.79. The van der Waals surface area contributed by atoms with Crippen molar-refractivity contribution in [3.05, 3.63) is 102 Å². The molecular formula is C42H55BO5Si2. The van der Waals surface area contributed by atoms with Gasteiger partial charge in [0.25, 0.3) is 0 Å². The first-order valence-electron chi connectivity index (χ1n) is 18.2. The van der Waals surface area contributed by atoms with E-state index in [1.54, 1.807) is 0 Å². The van der Waals surface area contributed by atoms with Crippen molar-refractivity contribution in [2.24, 2.45) is 0 Å². The molecule has 2 aliphatic rings. The topological polar surface area (TPSA) is 46.2 Å². The van der Waals surface area contributed by atoms with Crippen LogP contribution in [0.2, 0.25) is 39.3 Å². The van der Waals surface area contributed by atoms with Crippen LogP contribution in [0.5, 0.6) is 0 Å². The maximum Gasteiger partial charge on any atom is 0.495 e. The van der Waals surface area contributed by atoms with Crippen LogP contribution in [0.1, 0.15) is 38.3 Å². The molecule has 3 atom stereocenters. The molecule has 0 unspecified atom stereocenters. The average molecular weight is 707 g/mol. The van der Waals surface area contributed by atoms with Gasteiger partial charge >= 0.3 is 7.12 Å². The van der Waals surface area contributed by atoms with Crippen LogP contribution in [0.3, 0.4) is 0 Å². The van der Waals surface area contributed by atoms with Gasteiger partial charge in [-0.25, -0.2) is 0 Å². The lowest BCUT2D eigenvalue weighted by Gasteiger charge is -2.31. The Morgan fingerprint density at radius 2 is 1.40 bits per heavy atom. The largest absolute Gasteiger partial charge is 0.495 e. The zero-order valence-corrected chi connectivity index (χ0v) is 33.5. The fourth-order valence-electron chi connectivity index (χ4n) is 6.82. The van der Waals surface area contributed by atoms with Crippen LogP contribution in [0.15, 0.2) is 91.0 Å². The molecule has 0 radical (unpaired) electrons. The van der Waals surface area contributed by atoms with Gasteiger partial charge in [-0.1, -0.05) is 135 Å². The van der Waals surface area contributed by atoms with E-state index in [1.165, 1.54) is 38.2 Å². The quantitative estimate of drug-likeness (QED) is 0.149. The molecular weight excluding hydrogens is 651 g/mol. The molecule has 0 saturated carbocycles. The maximum absolute atomic E-state index is 7.05. The number of hydrogen-bond acceptors (Lipinski definition) is 5. The Hall–Kier alpha value is -2.82. The summed E-state index contributed by atoms with van der Waals surface area (Å²) in [6.07, 6.45) is 0.495. The van der Waals surface area contributed by atoms with E-state index in [-0.39, 0.29) is 24.1 Å². The number of rotatable bonds is 11. The van der Waals surface area contributed by atoms with Gasteiger partial charge in [-0.15, -0.1) is 0 Å². The molecule has 0 bridgehead atoms. The van der Waals surface area contributed by atoms with Gasteiger partial charge in [0.15, 0.2) is 6.29 Å². The van der Waals surface area contributed by atoms with E-state index in [0.717, 1.165) is 17.4 Å². The summed E-state index contributed by atoms with van der Waals surface area (Å²) in [5.74, 6) is 0. The zero-order valence-electron chi connectivity index (χ0n) is 31.5. The lowest BCUT2D eigenvalue weighted by atomic mass is 9.68. The van der Waals surface area contributed by atoms with Gasteiger partial charge < -0.3 is 23.5 Å². The molecule has 8 heteroatoms. The predicted molar refractivity (Wildman–Crippen MR) is 213 cm³/mol. The minimum atomic E-state index is -1.63. The van der Waals surface area contributed by atoms with Crippen molar-refractivity contribution in [3.8, 4) is 22.3 Å². The Morgan fingerprint density at radius 3 is 2.02 bits per heavy atom. The highest BCUT2D eigenvalue weighted by atomic mass is 28.3. The third kappa shape index (κ3) is 9.15. The van der Waals surface area contributed by atoms with Crippen LogP contribution >= 0.6 is 0 Å². The Bertz CT molecular complexity index is 1710. The SMILES string of the molecule is CC(C)(C)O[C@H]1C[C@H](OB2OCCc3cc(-c4ccccc4)cc(-c4cc([Si](C)(C)C)cc([Si](C)(C)C)c4)c32)[C@@H](COCc2ccccc2)O1. The van der Waals surface area contributed by atoms with Gasteiger partial charge in [0.05, 0.1) is 41.1 Å². The van der Waals surface area contributed by atoms with Gasteiger partial charge in [0.2, 0.25) is 0 Å². The van der Waals surface area contributed by atoms with E-state index in [1.807, 2.05) is 18.2 Å². The molecule has 50 heavy (non-hydrogen) atoms. The average Bonchev–Trinajstić information content (AvgIpc) is 3.43. The summed E-state index contributed by atoms with van der Waals surface area (Å²) >= 11 is 0. The highest BCUT2D eigenvalue weighted by Crippen LogP contribution is 2.33. The molecule has 264 valence electrons. The van der Waals surface area contributed by atoms with Crippen LogP contribution in [0.4, 0.5) is 0 Å². The molecule has 2 aliphatic heterocycles. The predicted octanol–water partition coefficient (Wildman–Crippen LogP) is 7.91. The van der Waals surface area contributed by atoms with Crippen LogP contribution in [0, 0.1) is 0 Å². The minimum absolute atomic E-state index is 0.262. The lowest BCUT2D eigenvalue weighted by molar-refractivity contribution is -0.193. The molecule has 1 saturated heterocycles. The van der Waals surface area contributed by atoms with Gasteiger partial charge in [-0.05, 0) is 72.1 Å². The molecule has 0 amide bonds. The summed E-state index contributed by atoms with van der Waals surface area (Å²) in [5.41, 5.74) is 8.10. The smallest absolute Gasteiger partial charge is 0.407 e. The first-order valence-corrected chi connectivity index (χ1v) is 25.2. The van der Waals surface area contributed by atoms with Crippen LogP contribution < -0.4 is 15.8 Å². The van der Waals surface area contributed by atoms with Crippen LogP contribution in [-0.4, -0.2) is 60.6 Å². The van der Waals surface area contributed by atoms with Crippen molar-refractivity contribution in [3.63, 3.8) is 0 Å². The highest BCUT2D eigenvalue weighted by Gasteiger charge is 2.43. The molecule has 0 aliphatic carbocycles. The first kappa shape index (κ1) is 37.0. The molecule has 5 nitrogen and oxygen atoms in total. The van der Waals surface area contributed by atoms with Crippen LogP contribution in [0.25, 0.3) is 22.3 Å². The highest BCUT2D eigenvalue weighted by molar-refractivity contribution is 6.91. The van der Waals surface area contributed by atoms with Gasteiger partial charge in [0.1, 0.15) is 6.10 Å². The number of benzene rings is 4. The molecule has 0 spiro atoms. The van der Waals surface area contributed by atoms with E-state index in [4.69, 9.17) is 23.5 Å². The van der Waals surface area contributed by atoms with E-state index in [0.29, 0.717) is 26.2 Å². The zero-order chi connectivity index (χ0) is 35.7. The Kier molecular flexibility index (Phi) is 11.1. The normalized spacial score (nSPS) is 19.9. The van der Waals surface area contributed by atoms with E-state index < -0.39 is 23.3 Å². The molecule has 0 aromatic heterocycles. The molecule has 0 N–H and O–H groups in total. The molecule has 1 fully saturated rings. The van der Waals surface area contributed by atoms with Crippen molar-refractivity contribution in [1.82, 2.24) is 0 Å². The molecule has 4 aromatic carbocycles. The third-order valence-electron chi connectivity index (χ3n) is 9.57. The van der Waals surface area contributed by atoms with E-state index >= 15 is 0 Å². The second-order valence-electron chi connectivity index (χ2n) is 17.0. The van der Waals surface area contributed by atoms with Gasteiger partial charge in [-0.3, -0.25) is 0 Å². The van der Waals surface area contributed by atoms with Crippen molar-refractivity contribution in [1.29, 1.82) is 0 Å². The summed E-state index contributed by atoms with van der Waals surface area (Å²) in [5, 5.41) is 2.98. The van der Waals surface area contributed by atoms with Gasteiger partial charge in [0, 0.05) is 13.0 Å². The van der Waals surface area contributed by atoms with Crippen molar-refractivity contribution >= 4 is 39.1 Å². The fraction of sp³-hybridized carbons (Fsp3) is 0.429. The molecule has 2 heterocycles. The second-order valence-corrected chi connectivity index (χ2v) is 27.1. The van der Waals surface area contributed by atoms with Gasteiger partial charge in [-0.2, -0.15) is 0 Å². The number of ether oxygens (including phenoxy) is 3. The van der Waals surface area contributed by atoms with Crippen molar-refractivity contribution < 1.29 is 23.5 Å². The summed E-state index contributed by atoms with van der Waals surface area (Å²) in [4.78, 5) is 0. The van der Waals surface area contributed by atoms with E-state index in [2.05, 4.69) is 133 Å². The molecule has 6 rings (SSSR count). The standard InChI is InChI=1S/C42H55BO5Si2/c1-42(2,3)47-40-27-38(39(46-40)29-44-28-30-16-12-10-13-17-30)48-43-41-32(20-21-45-43)22-33(31-18-14-11-15-19-31)25-37(41)34-23-35(49(4,5)6)26-36(24-34)50(7,8)9/h10-19,22-26,38-40H,20-21,27-29H2,1-9H3/t38-,39+,40-/m0/s1. The monoisotopic (exact) mass is 706 g/mol. The summed E-state index contributed by atoms with van der Waals surface area (Å²) in [6, 6.07) is 33.1. The van der Waals surface area contributed by atoms with Crippen molar-refractivity contribution in [2.45, 2.75) is 104 Å². The molecule has 4 aromatic rings. The van der Waals surface area contributed by atoms with Crippen molar-refractivity contribution in [2.75, 3.05) is 13.2 Å². The number of hydrogen-bond donors (Lipinski definition) is 0. The lowest BCUT2D eigenvalue weighted by Crippen LogP contribution is -2.49. The number of fused-ring (bicyclic) bond motifs is 1. The Balaban J connectivity index is 1.40. The minimum Gasteiger partial charge on any atom is -0.407 e. The Morgan fingerprint density at radius 1 is 0.760 bits per heavy atom. The second kappa shape index (κ2) is 15.0.